The van der Waals surface area contributed by atoms with Gasteiger partial charge in [-0.2, -0.15) is 13.2 Å². The Morgan fingerprint density at radius 2 is 2.21 bits per heavy atom. The van der Waals surface area contributed by atoms with Crippen LogP contribution >= 0.6 is 0 Å². The quantitative estimate of drug-likeness (QED) is 0.908. The fraction of sp³-hybridized carbons (Fsp3) is 0.533. The fourth-order valence-corrected chi connectivity index (χ4v) is 2.44. The third-order valence-corrected chi connectivity index (χ3v) is 3.62. The van der Waals surface area contributed by atoms with Gasteiger partial charge >= 0.3 is 6.18 Å². The second-order valence-electron chi connectivity index (χ2n) is 5.58. The summed E-state index contributed by atoms with van der Waals surface area (Å²) in [7, 11) is 0. The molecule has 2 heterocycles. The Labute approximate surface area is 137 Å². The molecule has 1 aromatic rings. The summed E-state index contributed by atoms with van der Waals surface area (Å²) in [5.41, 5.74) is 0.298. The second kappa shape index (κ2) is 7.50. The molecule has 2 rings (SSSR count). The number of halogens is 3. The Morgan fingerprint density at radius 1 is 1.46 bits per heavy atom. The smallest absolute Gasteiger partial charge is 0.422 e. The zero-order chi connectivity index (χ0) is 17.7. The first-order valence-corrected chi connectivity index (χ1v) is 7.46. The second-order valence-corrected chi connectivity index (χ2v) is 5.58. The van der Waals surface area contributed by atoms with E-state index in [9.17, 15) is 22.8 Å². The van der Waals surface area contributed by atoms with Crippen LogP contribution in [0, 0.1) is 5.92 Å². The Kier molecular flexibility index (Phi) is 5.63. The number of nitrogens with one attached hydrogen (secondary N) is 1. The number of pyridine rings is 1. The van der Waals surface area contributed by atoms with E-state index in [2.05, 4.69) is 15.0 Å². The standard InChI is InChI=1S/C15H18F3N3O3/c1-10(22)21-6-2-3-11(8-21)14(23)20-12-4-5-19-13(7-12)24-9-15(16,17)18/h4-5,7,11H,2-3,6,8-9H2,1H3,(H,19,20,23). The molecule has 0 radical (unpaired) electrons. The lowest BCUT2D eigenvalue weighted by Gasteiger charge is -2.31. The number of piperidine rings is 1. The number of carbonyl (C=O) groups excluding carboxylic acids is 2. The topological polar surface area (TPSA) is 71.5 Å². The van der Waals surface area contributed by atoms with Crippen LogP contribution < -0.4 is 10.1 Å². The molecule has 9 heteroatoms. The molecule has 1 aliphatic rings. The molecule has 0 aromatic carbocycles. The molecule has 0 aliphatic carbocycles. The van der Waals surface area contributed by atoms with Gasteiger partial charge in [0, 0.05) is 38.0 Å². The van der Waals surface area contributed by atoms with Crippen molar-refractivity contribution in [3.05, 3.63) is 18.3 Å². The zero-order valence-corrected chi connectivity index (χ0v) is 13.1. The maximum atomic E-state index is 12.3. The minimum absolute atomic E-state index is 0.0840. The van der Waals surface area contributed by atoms with E-state index in [0.717, 1.165) is 6.42 Å². The van der Waals surface area contributed by atoms with Crippen LogP contribution in [-0.4, -0.2) is 47.6 Å². The third-order valence-electron chi connectivity index (χ3n) is 3.62. The highest BCUT2D eigenvalue weighted by molar-refractivity contribution is 5.93. The molecule has 1 unspecified atom stereocenters. The highest BCUT2D eigenvalue weighted by atomic mass is 19.4. The number of anilines is 1. The van der Waals surface area contributed by atoms with Gasteiger partial charge in [0.05, 0.1) is 5.92 Å². The first kappa shape index (κ1) is 18.0. The van der Waals surface area contributed by atoms with E-state index in [1.165, 1.54) is 25.3 Å². The molecule has 1 N–H and O–H groups in total. The maximum absolute atomic E-state index is 12.3. The minimum atomic E-state index is -4.46. The number of alkyl halides is 3. The van der Waals surface area contributed by atoms with Crippen molar-refractivity contribution in [2.45, 2.75) is 25.9 Å². The van der Waals surface area contributed by atoms with Gasteiger partial charge in [-0.25, -0.2) is 4.98 Å². The molecule has 1 fully saturated rings. The van der Waals surface area contributed by atoms with Crippen LogP contribution in [-0.2, 0) is 9.59 Å². The predicted molar refractivity (Wildman–Crippen MR) is 79.4 cm³/mol. The van der Waals surface area contributed by atoms with Crippen molar-refractivity contribution in [2.75, 3.05) is 25.0 Å². The molecule has 1 saturated heterocycles. The highest BCUT2D eigenvalue weighted by Crippen LogP contribution is 2.21. The van der Waals surface area contributed by atoms with Gasteiger partial charge in [0.25, 0.3) is 0 Å². The Bertz CT molecular complexity index is 607. The molecule has 0 spiro atoms. The van der Waals surface area contributed by atoms with Crippen LogP contribution in [0.15, 0.2) is 18.3 Å². The number of likely N-dealkylation sites (tertiary alicyclic amines) is 1. The van der Waals surface area contributed by atoms with Gasteiger partial charge in [-0.3, -0.25) is 9.59 Å². The normalized spacial score (nSPS) is 18.2. The van der Waals surface area contributed by atoms with E-state index >= 15 is 0 Å². The first-order valence-electron chi connectivity index (χ1n) is 7.46. The summed E-state index contributed by atoms with van der Waals surface area (Å²) in [5, 5.41) is 2.63. The van der Waals surface area contributed by atoms with Gasteiger partial charge in [0.2, 0.25) is 17.7 Å². The third kappa shape index (κ3) is 5.39. The Balaban J connectivity index is 1.95. The first-order chi connectivity index (χ1) is 11.2. The van der Waals surface area contributed by atoms with Gasteiger partial charge in [0.15, 0.2) is 6.61 Å². The predicted octanol–water partition coefficient (Wildman–Crippen LogP) is 2.22. The summed E-state index contributed by atoms with van der Waals surface area (Å²) in [6.45, 7) is 0.967. The van der Waals surface area contributed by atoms with Gasteiger partial charge in [-0.15, -0.1) is 0 Å². The van der Waals surface area contributed by atoms with Gasteiger partial charge < -0.3 is 15.0 Å². The number of hydrogen-bond donors (Lipinski definition) is 1. The molecule has 2 amide bonds. The van der Waals surface area contributed by atoms with Crippen LogP contribution in [0.5, 0.6) is 5.88 Å². The van der Waals surface area contributed by atoms with Crippen LogP contribution in [0.3, 0.4) is 0 Å². The Hall–Kier alpha value is -2.32. The average molecular weight is 345 g/mol. The zero-order valence-electron chi connectivity index (χ0n) is 13.1. The van der Waals surface area contributed by atoms with E-state index in [1.807, 2.05) is 0 Å². The summed E-state index contributed by atoms with van der Waals surface area (Å²) < 4.78 is 41.0. The summed E-state index contributed by atoms with van der Waals surface area (Å²) in [5.74, 6) is -0.942. The van der Waals surface area contributed by atoms with Crippen LogP contribution in [0.4, 0.5) is 18.9 Å². The molecule has 132 valence electrons. The molecule has 24 heavy (non-hydrogen) atoms. The van der Waals surface area contributed by atoms with E-state index in [1.54, 1.807) is 4.90 Å². The molecular weight excluding hydrogens is 327 g/mol. The molecule has 6 nitrogen and oxygen atoms in total. The lowest BCUT2D eigenvalue weighted by molar-refractivity contribution is -0.154. The highest BCUT2D eigenvalue weighted by Gasteiger charge is 2.29. The number of amides is 2. The number of ether oxygens (including phenoxy) is 1. The van der Waals surface area contributed by atoms with Crippen molar-refractivity contribution in [1.29, 1.82) is 0 Å². The van der Waals surface area contributed by atoms with Crippen LogP contribution in [0.25, 0.3) is 0 Å². The van der Waals surface area contributed by atoms with Crippen molar-refractivity contribution in [2.24, 2.45) is 5.92 Å². The number of nitrogens with zero attached hydrogens (tertiary/aromatic N) is 2. The number of carbonyl (C=O) groups is 2. The van der Waals surface area contributed by atoms with Crippen LogP contribution in [0.2, 0.25) is 0 Å². The molecule has 1 aliphatic heterocycles. The lowest BCUT2D eigenvalue weighted by Crippen LogP contribution is -2.42. The number of rotatable bonds is 4. The summed E-state index contributed by atoms with van der Waals surface area (Å²) in [4.78, 5) is 29.0. The molecule has 0 saturated carbocycles. The van der Waals surface area contributed by atoms with Gasteiger partial charge in [0.1, 0.15) is 0 Å². The van der Waals surface area contributed by atoms with Gasteiger partial charge in [-0.05, 0) is 18.9 Å². The van der Waals surface area contributed by atoms with E-state index in [4.69, 9.17) is 0 Å². The van der Waals surface area contributed by atoms with E-state index in [0.29, 0.717) is 25.2 Å². The summed E-state index contributed by atoms with van der Waals surface area (Å²) >= 11 is 0. The summed E-state index contributed by atoms with van der Waals surface area (Å²) in [6, 6.07) is 2.69. The van der Waals surface area contributed by atoms with Crippen molar-refractivity contribution in [1.82, 2.24) is 9.88 Å². The summed E-state index contributed by atoms with van der Waals surface area (Å²) in [6.07, 6.45) is -1.82. The SMILES string of the molecule is CC(=O)N1CCCC(C(=O)Nc2ccnc(OCC(F)(F)F)c2)C1. The monoisotopic (exact) mass is 345 g/mol. The number of hydrogen-bond acceptors (Lipinski definition) is 4. The van der Waals surface area contributed by atoms with E-state index in [-0.39, 0.29) is 23.6 Å². The van der Waals surface area contributed by atoms with E-state index < -0.39 is 12.8 Å². The maximum Gasteiger partial charge on any atom is 0.422 e. The Morgan fingerprint density at radius 3 is 2.88 bits per heavy atom. The minimum Gasteiger partial charge on any atom is -0.468 e. The molecule has 1 atom stereocenters. The van der Waals surface area contributed by atoms with Crippen molar-refractivity contribution >= 4 is 17.5 Å². The molecular formula is C15H18F3N3O3. The van der Waals surface area contributed by atoms with Crippen molar-refractivity contribution < 1.29 is 27.5 Å². The van der Waals surface area contributed by atoms with Crippen molar-refractivity contribution in [3.8, 4) is 5.88 Å². The fourth-order valence-electron chi connectivity index (χ4n) is 2.44. The number of aromatic nitrogens is 1. The van der Waals surface area contributed by atoms with Crippen LogP contribution in [0.1, 0.15) is 19.8 Å². The van der Waals surface area contributed by atoms with Gasteiger partial charge in [-0.1, -0.05) is 0 Å². The average Bonchev–Trinajstić information content (AvgIpc) is 2.53. The molecule has 0 bridgehead atoms. The lowest BCUT2D eigenvalue weighted by atomic mass is 9.97. The largest absolute Gasteiger partial charge is 0.468 e. The van der Waals surface area contributed by atoms with Crippen molar-refractivity contribution in [3.63, 3.8) is 0 Å². The molecule has 1 aromatic heterocycles.